The van der Waals surface area contributed by atoms with Crippen LogP contribution < -0.4 is 10.6 Å². The van der Waals surface area contributed by atoms with Crippen molar-refractivity contribution in [1.82, 2.24) is 19.8 Å². The fourth-order valence-corrected chi connectivity index (χ4v) is 5.04. The maximum absolute atomic E-state index is 14.0. The molecule has 0 bridgehead atoms. The molecule has 5 rings (SSSR count). The van der Waals surface area contributed by atoms with Gasteiger partial charge in [-0.1, -0.05) is 18.2 Å². The number of methoxy groups -OCH3 is 1. The van der Waals surface area contributed by atoms with Crippen molar-refractivity contribution in [3.63, 3.8) is 0 Å². The third-order valence-electron chi connectivity index (χ3n) is 6.58. The molecule has 3 heterocycles. The van der Waals surface area contributed by atoms with E-state index in [1.54, 1.807) is 30.5 Å². The molecule has 198 valence electrons. The number of para-hydroxylation sites is 1. The number of nitrogens with zero attached hydrogens (tertiary/aromatic N) is 3. The predicted octanol–water partition coefficient (Wildman–Crippen LogP) is 4.80. The Morgan fingerprint density at radius 1 is 1.05 bits per heavy atom. The molecule has 0 spiro atoms. The molecule has 2 atom stereocenters. The average Bonchev–Trinajstić information content (AvgIpc) is 3.57. The molecule has 10 heteroatoms. The van der Waals surface area contributed by atoms with Crippen LogP contribution in [-0.2, 0) is 9.53 Å². The van der Waals surface area contributed by atoms with E-state index >= 15 is 0 Å². The van der Waals surface area contributed by atoms with Gasteiger partial charge in [-0.3, -0.25) is 9.78 Å². The maximum Gasteiger partial charge on any atom is 0.337 e. The van der Waals surface area contributed by atoms with E-state index in [1.165, 1.54) is 19.2 Å². The zero-order valence-corrected chi connectivity index (χ0v) is 21.9. The molecule has 0 aliphatic carbocycles. The molecular formula is C29H26FN5O3S. The van der Waals surface area contributed by atoms with Crippen molar-refractivity contribution in [2.45, 2.75) is 18.5 Å². The zero-order chi connectivity index (χ0) is 27.4. The van der Waals surface area contributed by atoms with Crippen molar-refractivity contribution >= 4 is 34.9 Å². The Hall–Kier alpha value is -4.57. The predicted molar refractivity (Wildman–Crippen MR) is 149 cm³/mol. The van der Waals surface area contributed by atoms with E-state index in [0.717, 1.165) is 17.1 Å². The van der Waals surface area contributed by atoms with Gasteiger partial charge < -0.3 is 24.8 Å². The lowest BCUT2D eigenvalue weighted by Crippen LogP contribution is -2.33. The number of hydrogen-bond donors (Lipinski definition) is 2. The molecule has 1 saturated heterocycles. The SMILES string of the molecule is COC(=O)c1ccc(-n2cccc2C2C(c3ccccn3)NC(=S)N2CCC(=O)Nc2ccccc2F)cc1. The highest BCUT2D eigenvalue weighted by Gasteiger charge is 2.41. The minimum absolute atomic E-state index is 0.0934. The number of benzene rings is 2. The Balaban J connectivity index is 1.44. The number of amides is 1. The highest BCUT2D eigenvalue weighted by atomic mass is 32.1. The van der Waals surface area contributed by atoms with Gasteiger partial charge in [0.15, 0.2) is 5.11 Å². The first-order chi connectivity index (χ1) is 19.0. The van der Waals surface area contributed by atoms with E-state index in [4.69, 9.17) is 17.0 Å². The van der Waals surface area contributed by atoms with Gasteiger partial charge in [-0.25, -0.2) is 9.18 Å². The number of carbonyl (C=O) groups is 2. The standard InChI is InChI=1S/C29H26FN5O3S/c1-38-28(37)19-11-13-20(14-12-19)34-17-6-10-24(34)27-26(23-9-4-5-16-31-23)33-29(39)35(27)18-15-25(36)32-22-8-3-2-7-21(22)30/h2-14,16-17,26-27H,15,18H2,1H3,(H,32,36)(H,33,39). The number of ether oxygens (including phenoxy) is 1. The molecule has 2 N–H and O–H groups in total. The maximum atomic E-state index is 14.0. The summed E-state index contributed by atoms with van der Waals surface area (Å²) in [6, 6.07) is 22.2. The molecule has 4 aromatic rings. The van der Waals surface area contributed by atoms with Gasteiger partial charge in [0.1, 0.15) is 5.82 Å². The minimum atomic E-state index is -0.492. The van der Waals surface area contributed by atoms with Crippen LogP contribution in [0.4, 0.5) is 10.1 Å². The number of hydrogen-bond acceptors (Lipinski definition) is 5. The second-order valence-electron chi connectivity index (χ2n) is 8.94. The average molecular weight is 544 g/mol. The van der Waals surface area contributed by atoms with E-state index in [9.17, 15) is 14.0 Å². The topological polar surface area (TPSA) is 88.5 Å². The van der Waals surface area contributed by atoms with Crippen LogP contribution in [0.1, 0.15) is 40.3 Å². The van der Waals surface area contributed by atoms with Gasteiger partial charge in [0, 0.05) is 36.7 Å². The Bertz CT molecular complexity index is 1490. The van der Waals surface area contributed by atoms with Crippen LogP contribution in [-0.4, -0.2) is 45.1 Å². The normalized spacial score (nSPS) is 16.6. The van der Waals surface area contributed by atoms with Crippen molar-refractivity contribution in [2.24, 2.45) is 0 Å². The summed E-state index contributed by atoms with van der Waals surface area (Å²) in [5.74, 6) is -1.22. The van der Waals surface area contributed by atoms with Crippen molar-refractivity contribution in [3.05, 3.63) is 114 Å². The zero-order valence-electron chi connectivity index (χ0n) is 21.1. The van der Waals surface area contributed by atoms with Crippen LogP contribution in [0.15, 0.2) is 91.3 Å². The van der Waals surface area contributed by atoms with Crippen molar-refractivity contribution in [2.75, 3.05) is 19.0 Å². The molecule has 1 fully saturated rings. The molecule has 2 unspecified atom stereocenters. The Morgan fingerprint density at radius 3 is 2.54 bits per heavy atom. The first-order valence-corrected chi connectivity index (χ1v) is 12.8. The first kappa shape index (κ1) is 26.1. The lowest BCUT2D eigenvalue weighted by molar-refractivity contribution is -0.116. The van der Waals surface area contributed by atoms with Gasteiger partial charge in [0.05, 0.1) is 36.1 Å². The van der Waals surface area contributed by atoms with Crippen LogP contribution in [0.2, 0.25) is 0 Å². The number of anilines is 1. The van der Waals surface area contributed by atoms with E-state index in [1.807, 2.05) is 58.1 Å². The van der Waals surface area contributed by atoms with Crippen LogP contribution in [0, 0.1) is 5.82 Å². The summed E-state index contributed by atoms with van der Waals surface area (Å²) in [4.78, 5) is 31.2. The molecule has 1 aliphatic rings. The van der Waals surface area contributed by atoms with Crippen LogP contribution in [0.3, 0.4) is 0 Å². The first-order valence-electron chi connectivity index (χ1n) is 12.3. The molecule has 2 aromatic carbocycles. The van der Waals surface area contributed by atoms with Gasteiger partial charge in [0.2, 0.25) is 5.91 Å². The Morgan fingerprint density at radius 2 is 1.82 bits per heavy atom. The number of nitrogens with one attached hydrogen (secondary N) is 2. The summed E-state index contributed by atoms with van der Waals surface area (Å²) in [6.07, 6.45) is 3.75. The van der Waals surface area contributed by atoms with E-state index in [2.05, 4.69) is 15.6 Å². The van der Waals surface area contributed by atoms with Crippen LogP contribution >= 0.6 is 12.2 Å². The van der Waals surface area contributed by atoms with Gasteiger partial charge in [-0.15, -0.1) is 0 Å². The van der Waals surface area contributed by atoms with Crippen molar-refractivity contribution in [3.8, 4) is 5.69 Å². The summed E-state index contributed by atoms with van der Waals surface area (Å²) >= 11 is 5.72. The molecule has 0 saturated carbocycles. The minimum Gasteiger partial charge on any atom is -0.465 e. The smallest absolute Gasteiger partial charge is 0.337 e. The van der Waals surface area contributed by atoms with Crippen molar-refractivity contribution in [1.29, 1.82) is 0 Å². The molecule has 39 heavy (non-hydrogen) atoms. The second-order valence-corrected chi connectivity index (χ2v) is 9.33. The number of halogens is 1. The van der Waals surface area contributed by atoms with Crippen molar-refractivity contribution < 1.29 is 18.7 Å². The Labute approximate surface area is 230 Å². The largest absolute Gasteiger partial charge is 0.465 e. The fourth-order valence-electron chi connectivity index (χ4n) is 4.71. The van der Waals surface area contributed by atoms with E-state index < -0.39 is 11.8 Å². The third kappa shape index (κ3) is 5.51. The highest BCUT2D eigenvalue weighted by molar-refractivity contribution is 7.80. The lowest BCUT2D eigenvalue weighted by Gasteiger charge is -2.29. The van der Waals surface area contributed by atoms with Crippen LogP contribution in [0.25, 0.3) is 5.69 Å². The molecule has 0 radical (unpaired) electrons. The van der Waals surface area contributed by atoms with E-state index in [0.29, 0.717) is 17.2 Å². The van der Waals surface area contributed by atoms with Gasteiger partial charge in [-0.2, -0.15) is 0 Å². The third-order valence-corrected chi connectivity index (χ3v) is 6.93. The molecule has 1 amide bonds. The molecule has 1 aliphatic heterocycles. The number of pyridine rings is 1. The van der Waals surface area contributed by atoms with Crippen LogP contribution in [0.5, 0.6) is 0 Å². The monoisotopic (exact) mass is 543 g/mol. The molecule has 2 aromatic heterocycles. The van der Waals surface area contributed by atoms with E-state index in [-0.39, 0.29) is 30.1 Å². The number of aromatic nitrogens is 2. The highest BCUT2D eigenvalue weighted by Crippen LogP contribution is 2.39. The number of rotatable bonds is 8. The van der Waals surface area contributed by atoms with Gasteiger partial charge >= 0.3 is 5.97 Å². The summed E-state index contributed by atoms with van der Waals surface area (Å²) in [5.41, 5.74) is 3.15. The summed E-state index contributed by atoms with van der Waals surface area (Å²) in [6.45, 7) is 0.298. The summed E-state index contributed by atoms with van der Waals surface area (Å²) in [7, 11) is 1.35. The van der Waals surface area contributed by atoms with Gasteiger partial charge in [-0.05, 0) is 72.9 Å². The fraction of sp³-hybridized carbons (Fsp3) is 0.172. The number of carbonyl (C=O) groups excluding carboxylic acids is 2. The molecular weight excluding hydrogens is 517 g/mol. The summed E-state index contributed by atoms with van der Waals surface area (Å²) in [5, 5.41) is 6.51. The number of esters is 1. The summed E-state index contributed by atoms with van der Waals surface area (Å²) < 4.78 is 20.9. The second kappa shape index (κ2) is 11.4. The van der Waals surface area contributed by atoms with Gasteiger partial charge in [0.25, 0.3) is 0 Å². The number of thiocarbonyl (C=S) groups is 1. The Kier molecular flexibility index (Phi) is 7.64. The molecule has 8 nitrogen and oxygen atoms in total. The lowest BCUT2D eigenvalue weighted by atomic mass is 10.0. The quantitative estimate of drug-likeness (QED) is 0.244.